The van der Waals surface area contributed by atoms with Crippen LogP contribution in [-0.2, 0) is 16.1 Å². The minimum atomic E-state index is -0.879. The first-order valence-electron chi connectivity index (χ1n) is 9.03. The summed E-state index contributed by atoms with van der Waals surface area (Å²) in [5.74, 6) is -0.0763. The van der Waals surface area contributed by atoms with Crippen molar-refractivity contribution in [3.63, 3.8) is 0 Å². The average Bonchev–Trinajstić information content (AvgIpc) is 2.86. The van der Waals surface area contributed by atoms with Gasteiger partial charge in [0.2, 0.25) is 11.8 Å². The van der Waals surface area contributed by atoms with E-state index in [9.17, 15) is 9.59 Å². The summed E-state index contributed by atoms with van der Waals surface area (Å²) < 4.78 is 0. The molecule has 1 heterocycles. The Morgan fingerprint density at radius 3 is 2.38 bits per heavy atom. The van der Waals surface area contributed by atoms with E-state index >= 15 is 0 Å². The van der Waals surface area contributed by atoms with Gasteiger partial charge in [0.25, 0.3) is 0 Å². The fraction of sp³-hybridized carbons (Fsp3) is 0.364. The van der Waals surface area contributed by atoms with Gasteiger partial charge in [-0.05, 0) is 37.5 Å². The van der Waals surface area contributed by atoms with E-state index in [4.69, 9.17) is 0 Å². The van der Waals surface area contributed by atoms with Crippen molar-refractivity contribution in [2.45, 2.75) is 39.3 Å². The molecule has 3 rings (SSSR count). The van der Waals surface area contributed by atoms with Crippen molar-refractivity contribution in [3.05, 3.63) is 65.7 Å². The average molecular weight is 350 g/mol. The quantitative estimate of drug-likeness (QED) is 0.842. The van der Waals surface area contributed by atoms with Gasteiger partial charge < -0.3 is 4.90 Å². The third kappa shape index (κ3) is 3.12. The van der Waals surface area contributed by atoms with E-state index in [2.05, 4.69) is 0 Å². The number of nitrogens with zero attached hydrogens (tertiary/aromatic N) is 2. The lowest BCUT2D eigenvalue weighted by molar-refractivity contribution is -0.137. The molecule has 136 valence electrons. The largest absolute Gasteiger partial charge is 0.339 e. The summed E-state index contributed by atoms with van der Waals surface area (Å²) in [7, 11) is 1.81. The van der Waals surface area contributed by atoms with Crippen molar-refractivity contribution < 1.29 is 9.59 Å². The molecule has 0 spiro atoms. The Bertz CT molecular complexity index is 801. The van der Waals surface area contributed by atoms with Crippen molar-refractivity contribution in [2.75, 3.05) is 11.9 Å². The highest BCUT2D eigenvalue weighted by Gasteiger charge is 2.54. The minimum Gasteiger partial charge on any atom is -0.339 e. The van der Waals surface area contributed by atoms with E-state index in [1.807, 2.05) is 82.4 Å². The number of hydrogen-bond acceptors (Lipinski definition) is 2. The van der Waals surface area contributed by atoms with Crippen LogP contribution >= 0.6 is 0 Å². The Balaban J connectivity index is 1.92. The van der Waals surface area contributed by atoms with Gasteiger partial charge in [-0.3, -0.25) is 14.5 Å². The maximum Gasteiger partial charge on any atom is 0.248 e. The molecule has 2 aromatic carbocycles. The molecule has 0 saturated carbocycles. The van der Waals surface area contributed by atoms with Gasteiger partial charge in [0.05, 0.1) is 0 Å². The Morgan fingerprint density at radius 1 is 1.15 bits per heavy atom. The van der Waals surface area contributed by atoms with Gasteiger partial charge in [-0.25, -0.2) is 0 Å². The molecule has 1 fully saturated rings. The van der Waals surface area contributed by atoms with Crippen LogP contribution in [0.4, 0.5) is 5.69 Å². The van der Waals surface area contributed by atoms with Crippen LogP contribution in [0.25, 0.3) is 0 Å². The number of aryl methyl sites for hydroxylation is 1. The lowest BCUT2D eigenvalue weighted by Crippen LogP contribution is -2.57. The summed E-state index contributed by atoms with van der Waals surface area (Å²) in [4.78, 5) is 29.6. The first kappa shape index (κ1) is 18.2. The van der Waals surface area contributed by atoms with Crippen LogP contribution in [0, 0.1) is 12.8 Å². The van der Waals surface area contributed by atoms with Gasteiger partial charge in [0.1, 0.15) is 5.54 Å². The van der Waals surface area contributed by atoms with Gasteiger partial charge >= 0.3 is 0 Å². The van der Waals surface area contributed by atoms with E-state index in [-0.39, 0.29) is 17.7 Å². The Morgan fingerprint density at radius 2 is 1.77 bits per heavy atom. The molecule has 0 aliphatic carbocycles. The molecule has 2 atom stereocenters. The van der Waals surface area contributed by atoms with E-state index in [0.29, 0.717) is 13.0 Å². The normalized spacial score (nSPS) is 22.5. The molecule has 0 N–H and O–H groups in total. The molecule has 0 radical (unpaired) electrons. The van der Waals surface area contributed by atoms with E-state index in [1.54, 1.807) is 9.80 Å². The van der Waals surface area contributed by atoms with Crippen LogP contribution in [0.2, 0.25) is 0 Å². The molecule has 26 heavy (non-hydrogen) atoms. The Labute approximate surface area is 155 Å². The predicted octanol–water partition coefficient (Wildman–Crippen LogP) is 3.79. The third-order valence-electron chi connectivity index (χ3n) is 5.49. The molecule has 4 heteroatoms. The van der Waals surface area contributed by atoms with Crippen molar-refractivity contribution >= 4 is 17.5 Å². The van der Waals surface area contributed by atoms with Crippen LogP contribution in [-0.4, -0.2) is 29.3 Å². The third-order valence-corrected chi connectivity index (χ3v) is 5.49. The summed E-state index contributed by atoms with van der Waals surface area (Å²) in [6, 6.07) is 17.7. The Hall–Kier alpha value is -2.62. The minimum absolute atomic E-state index is 0.00492. The fourth-order valence-electron chi connectivity index (χ4n) is 3.76. The summed E-state index contributed by atoms with van der Waals surface area (Å²) >= 11 is 0. The van der Waals surface area contributed by atoms with Crippen LogP contribution in [0.5, 0.6) is 0 Å². The van der Waals surface area contributed by atoms with E-state index in [1.165, 1.54) is 0 Å². The van der Waals surface area contributed by atoms with E-state index in [0.717, 1.165) is 16.8 Å². The van der Waals surface area contributed by atoms with Gasteiger partial charge in [0, 0.05) is 25.7 Å². The van der Waals surface area contributed by atoms with Crippen LogP contribution in [0.15, 0.2) is 54.6 Å². The monoisotopic (exact) mass is 350 g/mol. The summed E-state index contributed by atoms with van der Waals surface area (Å²) in [5, 5.41) is 0. The molecule has 2 unspecified atom stereocenters. The molecular formula is C22H26N2O2. The molecule has 1 aliphatic heterocycles. The zero-order chi connectivity index (χ0) is 18.9. The molecule has 2 amide bonds. The van der Waals surface area contributed by atoms with Crippen molar-refractivity contribution in [1.82, 2.24) is 4.90 Å². The first-order chi connectivity index (χ1) is 12.3. The number of carbonyl (C=O) groups is 2. The highest BCUT2D eigenvalue weighted by molar-refractivity contribution is 6.07. The number of hydrogen-bond donors (Lipinski definition) is 0. The van der Waals surface area contributed by atoms with Crippen molar-refractivity contribution in [1.29, 1.82) is 0 Å². The maximum atomic E-state index is 13.4. The number of anilines is 1. The standard InChI is InChI=1S/C22H26N2O2/c1-16-10-12-19(13-11-16)24-20(25)14-17(2)22(24,3)21(26)23(4)15-18-8-6-5-7-9-18/h5-13,17H,14-15H2,1-4H3. The maximum absolute atomic E-state index is 13.4. The smallest absolute Gasteiger partial charge is 0.248 e. The molecule has 0 bridgehead atoms. The lowest BCUT2D eigenvalue weighted by atomic mass is 9.86. The molecule has 2 aromatic rings. The lowest BCUT2D eigenvalue weighted by Gasteiger charge is -2.39. The number of amides is 2. The molecule has 1 saturated heterocycles. The number of rotatable bonds is 4. The molecule has 0 aromatic heterocycles. The first-order valence-corrected chi connectivity index (χ1v) is 9.03. The SMILES string of the molecule is Cc1ccc(N2C(=O)CC(C)C2(C)C(=O)N(C)Cc2ccccc2)cc1. The van der Waals surface area contributed by atoms with Gasteiger partial charge in [-0.1, -0.05) is 55.0 Å². The molecule has 1 aliphatic rings. The van der Waals surface area contributed by atoms with Crippen molar-refractivity contribution in [2.24, 2.45) is 5.92 Å². The fourth-order valence-corrected chi connectivity index (χ4v) is 3.76. The summed E-state index contributed by atoms with van der Waals surface area (Å²) in [6.45, 7) is 6.42. The summed E-state index contributed by atoms with van der Waals surface area (Å²) in [5.41, 5.74) is 2.11. The summed E-state index contributed by atoms with van der Waals surface area (Å²) in [6.07, 6.45) is 0.384. The van der Waals surface area contributed by atoms with Crippen molar-refractivity contribution in [3.8, 4) is 0 Å². The highest BCUT2D eigenvalue weighted by atomic mass is 16.2. The Kier molecular flexibility index (Phi) is 4.86. The second-order valence-electron chi connectivity index (χ2n) is 7.46. The van der Waals surface area contributed by atoms with Gasteiger partial charge in [-0.15, -0.1) is 0 Å². The van der Waals surface area contributed by atoms with E-state index < -0.39 is 5.54 Å². The molecular weight excluding hydrogens is 324 g/mol. The highest BCUT2D eigenvalue weighted by Crippen LogP contribution is 2.40. The van der Waals surface area contributed by atoms with Gasteiger partial charge in [-0.2, -0.15) is 0 Å². The second kappa shape index (κ2) is 6.94. The number of benzene rings is 2. The predicted molar refractivity (Wildman–Crippen MR) is 104 cm³/mol. The van der Waals surface area contributed by atoms with Gasteiger partial charge in [0.15, 0.2) is 0 Å². The van der Waals surface area contributed by atoms with Crippen LogP contribution < -0.4 is 4.90 Å². The topological polar surface area (TPSA) is 40.6 Å². The van der Waals surface area contributed by atoms with Crippen LogP contribution in [0.1, 0.15) is 31.4 Å². The zero-order valence-corrected chi connectivity index (χ0v) is 15.9. The second-order valence-corrected chi connectivity index (χ2v) is 7.46. The number of likely N-dealkylation sites (N-methyl/N-ethyl adjacent to an activating group) is 1. The molecule has 4 nitrogen and oxygen atoms in total. The number of carbonyl (C=O) groups excluding carboxylic acids is 2. The van der Waals surface area contributed by atoms with Crippen LogP contribution in [0.3, 0.4) is 0 Å². The zero-order valence-electron chi connectivity index (χ0n) is 15.9.